The molecule has 0 radical (unpaired) electrons. The van der Waals surface area contributed by atoms with Crippen molar-refractivity contribution in [2.24, 2.45) is 0 Å². The van der Waals surface area contributed by atoms with Crippen LogP contribution in [0.3, 0.4) is 0 Å². The molecule has 0 spiro atoms. The van der Waals surface area contributed by atoms with Gasteiger partial charge in [-0.15, -0.1) is 0 Å². The summed E-state index contributed by atoms with van der Waals surface area (Å²) >= 11 is 0. The number of nitrogens with zero attached hydrogens (tertiary/aromatic N) is 1. The third-order valence-corrected chi connectivity index (χ3v) is 4.54. The van der Waals surface area contributed by atoms with Gasteiger partial charge in [-0.25, -0.2) is 18.6 Å². The van der Waals surface area contributed by atoms with Gasteiger partial charge in [0.15, 0.2) is 0 Å². The third kappa shape index (κ3) is 5.22. The number of carbonyl (C=O) groups is 2. The molecule has 1 aromatic heterocycles. The number of benzene rings is 2. The zero-order valence-electron chi connectivity index (χ0n) is 17.1. The summed E-state index contributed by atoms with van der Waals surface area (Å²) in [6.45, 7) is 3.51. The quantitative estimate of drug-likeness (QED) is 0.583. The first-order valence-corrected chi connectivity index (χ1v) is 9.30. The molecule has 0 saturated carbocycles. The van der Waals surface area contributed by atoms with Crippen molar-refractivity contribution >= 4 is 11.9 Å². The Kier molecular flexibility index (Phi) is 6.29. The molecule has 3 aromatic rings. The van der Waals surface area contributed by atoms with Gasteiger partial charge in [0, 0.05) is 0 Å². The Balaban J connectivity index is 1.84. The monoisotopic (exact) mass is 426 g/mol. The molecule has 1 N–H and O–H groups in total. The zero-order valence-corrected chi connectivity index (χ0v) is 17.1. The largest absolute Gasteiger partial charge is 0.465 e. The molecular weight excluding hydrogens is 406 g/mol. The highest BCUT2D eigenvalue weighted by molar-refractivity contribution is 5.97. The molecule has 6 nitrogen and oxygen atoms in total. The average Bonchev–Trinajstić information content (AvgIpc) is 2.75. The number of hydrogen-bond acceptors (Lipinski definition) is 5. The Labute approximate surface area is 177 Å². The van der Waals surface area contributed by atoms with Crippen LogP contribution in [0.25, 0.3) is 0 Å². The van der Waals surface area contributed by atoms with E-state index < -0.39 is 29.0 Å². The highest BCUT2D eigenvalue weighted by atomic mass is 19.1. The van der Waals surface area contributed by atoms with E-state index >= 15 is 0 Å². The second kappa shape index (κ2) is 8.91. The highest BCUT2D eigenvalue weighted by Crippen LogP contribution is 2.26. The van der Waals surface area contributed by atoms with Crippen LogP contribution in [-0.2, 0) is 10.3 Å². The van der Waals surface area contributed by atoms with Crippen LogP contribution in [0.15, 0.2) is 60.8 Å². The Hall–Kier alpha value is -3.81. The maximum absolute atomic E-state index is 13.8. The van der Waals surface area contributed by atoms with E-state index in [4.69, 9.17) is 4.74 Å². The molecule has 0 unspecified atom stereocenters. The van der Waals surface area contributed by atoms with Crippen molar-refractivity contribution < 1.29 is 27.8 Å². The number of esters is 1. The van der Waals surface area contributed by atoms with Crippen LogP contribution in [0.5, 0.6) is 11.6 Å². The van der Waals surface area contributed by atoms with Crippen molar-refractivity contribution in [1.29, 1.82) is 0 Å². The minimum Gasteiger partial charge on any atom is -0.465 e. The molecule has 1 heterocycles. The topological polar surface area (TPSA) is 77.5 Å². The lowest BCUT2D eigenvalue weighted by Gasteiger charge is -2.27. The van der Waals surface area contributed by atoms with Crippen LogP contribution in [0.2, 0.25) is 0 Å². The lowest BCUT2D eigenvalue weighted by molar-refractivity contribution is 0.0600. The summed E-state index contributed by atoms with van der Waals surface area (Å²) < 4.78 is 37.2. The number of ether oxygens (including phenoxy) is 2. The maximum atomic E-state index is 13.8. The van der Waals surface area contributed by atoms with E-state index in [2.05, 4.69) is 15.0 Å². The minimum atomic E-state index is -0.870. The van der Waals surface area contributed by atoms with Gasteiger partial charge in [0.2, 0.25) is 5.88 Å². The second-order valence-electron chi connectivity index (χ2n) is 7.21. The van der Waals surface area contributed by atoms with Crippen LogP contribution in [0.4, 0.5) is 8.78 Å². The van der Waals surface area contributed by atoms with Crippen molar-refractivity contribution in [3.63, 3.8) is 0 Å². The lowest BCUT2D eigenvalue weighted by Crippen LogP contribution is -2.41. The van der Waals surface area contributed by atoms with Gasteiger partial charge in [0.1, 0.15) is 22.9 Å². The van der Waals surface area contributed by atoms with Crippen molar-refractivity contribution in [1.82, 2.24) is 10.3 Å². The van der Waals surface area contributed by atoms with Gasteiger partial charge >= 0.3 is 5.97 Å². The van der Waals surface area contributed by atoms with Crippen molar-refractivity contribution in [3.05, 3.63) is 89.1 Å². The number of rotatable bonds is 6. The molecule has 3 rings (SSSR count). The Morgan fingerprint density at radius 2 is 1.61 bits per heavy atom. The average molecular weight is 426 g/mol. The van der Waals surface area contributed by atoms with E-state index in [0.717, 1.165) is 12.3 Å². The number of aromatic nitrogens is 1. The molecule has 31 heavy (non-hydrogen) atoms. The third-order valence-electron chi connectivity index (χ3n) is 4.54. The zero-order chi connectivity index (χ0) is 22.6. The fourth-order valence-electron chi connectivity index (χ4n) is 2.85. The minimum absolute atomic E-state index is 0.122. The van der Waals surface area contributed by atoms with Crippen LogP contribution >= 0.6 is 0 Å². The number of hydrogen-bond donors (Lipinski definition) is 1. The summed E-state index contributed by atoms with van der Waals surface area (Å²) in [5, 5.41) is 2.81. The molecule has 8 heteroatoms. The van der Waals surface area contributed by atoms with Gasteiger partial charge in [0.05, 0.1) is 24.4 Å². The van der Waals surface area contributed by atoms with E-state index in [-0.39, 0.29) is 17.2 Å². The molecule has 0 atom stereocenters. The Morgan fingerprint density at radius 3 is 2.23 bits per heavy atom. The summed E-state index contributed by atoms with van der Waals surface area (Å²) in [6.07, 6.45) is 0.923. The van der Waals surface area contributed by atoms with Gasteiger partial charge in [-0.1, -0.05) is 12.1 Å². The van der Waals surface area contributed by atoms with Gasteiger partial charge in [-0.05, 0) is 61.9 Å². The van der Waals surface area contributed by atoms with Crippen LogP contribution in [0.1, 0.15) is 40.1 Å². The van der Waals surface area contributed by atoms with Crippen LogP contribution < -0.4 is 10.1 Å². The predicted octanol–water partition coefficient (Wildman–Crippen LogP) is 4.60. The number of pyridine rings is 1. The van der Waals surface area contributed by atoms with E-state index in [1.54, 1.807) is 38.1 Å². The van der Waals surface area contributed by atoms with Crippen molar-refractivity contribution in [2.75, 3.05) is 7.11 Å². The van der Waals surface area contributed by atoms with E-state index in [1.807, 2.05) is 0 Å². The molecule has 0 fully saturated rings. The normalized spacial score (nSPS) is 11.0. The highest BCUT2D eigenvalue weighted by Gasteiger charge is 2.26. The number of amides is 1. The molecule has 160 valence electrons. The number of methoxy groups -OCH3 is 1. The van der Waals surface area contributed by atoms with Gasteiger partial charge in [0.25, 0.3) is 5.91 Å². The van der Waals surface area contributed by atoms with Crippen LogP contribution in [0, 0.1) is 11.6 Å². The van der Waals surface area contributed by atoms with Crippen molar-refractivity contribution in [2.45, 2.75) is 19.4 Å². The van der Waals surface area contributed by atoms with Gasteiger partial charge in [-0.3, -0.25) is 4.79 Å². The fourth-order valence-corrected chi connectivity index (χ4v) is 2.85. The standard InChI is InChI=1S/C23H20F2N2O4/c1-23(2,15-6-4-14(5-7-15)22(29)30-3)27-20(28)19-12-17(25)13-26-21(19)31-18-10-8-16(24)9-11-18/h4-13H,1-3H3,(H,27,28). The van der Waals surface area contributed by atoms with Gasteiger partial charge in [-0.2, -0.15) is 0 Å². The van der Waals surface area contributed by atoms with E-state index in [1.165, 1.54) is 31.4 Å². The smallest absolute Gasteiger partial charge is 0.337 e. The predicted molar refractivity (Wildman–Crippen MR) is 109 cm³/mol. The molecule has 0 bridgehead atoms. The summed E-state index contributed by atoms with van der Waals surface area (Å²) in [6, 6.07) is 12.7. The number of halogens is 2. The first-order chi connectivity index (χ1) is 14.7. The summed E-state index contributed by atoms with van der Waals surface area (Å²) in [5.74, 6) is -2.13. The summed E-state index contributed by atoms with van der Waals surface area (Å²) in [7, 11) is 1.29. The number of carbonyl (C=O) groups excluding carboxylic acids is 2. The first kappa shape index (κ1) is 21.9. The molecule has 0 aliphatic carbocycles. The summed E-state index contributed by atoms with van der Waals surface area (Å²) in [5.41, 5.74) is 0.0886. The van der Waals surface area contributed by atoms with E-state index in [0.29, 0.717) is 11.1 Å². The molecule has 0 saturated heterocycles. The lowest BCUT2D eigenvalue weighted by atomic mass is 9.93. The molecular formula is C23H20F2N2O4. The molecule has 2 aromatic carbocycles. The van der Waals surface area contributed by atoms with E-state index in [9.17, 15) is 18.4 Å². The molecule has 1 amide bonds. The SMILES string of the molecule is COC(=O)c1ccc(C(C)(C)NC(=O)c2cc(F)cnc2Oc2ccc(F)cc2)cc1. The second-order valence-corrected chi connectivity index (χ2v) is 7.21. The number of nitrogens with one attached hydrogen (secondary N) is 1. The Morgan fingerprint density at radius 1 is 0.968 bits per heavy atom. The van der Waals surface area contributed by atoms with Gasteiger partial charge < -0.3 is 14.8 Å². The van der Waals surface area contributed by atoms with Crippen LogP contribution in [-0.4, -0.2) is 24.0 Å². The Bertz CT molecular complexity index is 1100. The van der Waals surface area contributed by atoms with Crippen molar-refractivity contribution in [3.8, 4) is 11.6 Å². The first-order valence-electron chi connectivity index (χ1n) is 9.30. The molecule has 0 aliphatic heterocycles. The molecule has 0 aliphatic rings. The summed E-state index contributed by atoms with van der Waals surface area (Å²) in [4.78, 5) is 28.4. The fraction of sp³-hybridized carbons (Fsp3) is 0.174. The maximum Gasteiger partial charge on any atom is 0.337 e.